The zero-order chi connectivity index (χ0) is 8.48. The van der Waals surface area contributed by atoms with Crippen molar-refractivity contribution in [3.05, 3.63) is 0 Å². The minimum Gasteiger partial charge on any atom is -0.831 e. The second-order valence-corrected chi connectivity index (χ2v) is 3.19. The van der Waals surface area contributed by atoms with E-state index in [2.05, 4.69) is 0 Å². The fourth-order valence-electron chi connectivity index (χ4n) is 0.789. The molecule has 0 aromatic rings. The summed E-state index contributed by atoms with van der Waals surface area (Å²) in [5.74, 6) is -1.33. The Kier molecular flexibility index (Phi) is 6.59. The molecule has 5 heteroatoms. The third kappa shape index (κ3) is 7.31. The van der Waals surface area contributed by atoms with Crippen LogP contribution < -0.4 is 74.0 Å². The Balaban J connectivity index is 0.00000121. The molecule has 0 saturated carbocycles. The summed E-state index contributed by atoms with van der Waals surface area (Å²) in [6.45, 7) is 3.52. The molecule has 12 heavy (non-hydrogen) atoms. The van der Waals surface area contributed by atoms with Gasteiger partial charge in [0.1, 0.15) is 0 Å². The van der Waals surface area contributed by atoms with Crippen molar-refractivity contribution in [2.75, 3.05) is 6.61 Å². The third-order valence-corrected chi connectivity index (χ3v) is 1.28. The van der Waals surface area contributed by atoms with Gasteiger partial charge in [0, 0.05) is 0 Å². The van der Waals surface area contributed by atoms with E-state index in [1.54, 1.807) is 0 Å². The van der Waals surface area contributed by atoms with Gasteiger partial charge < -0.3 is 19.7 Å². The number of ether oxygens (including phenoxy) is 2. The van der Waals surface area contributed by atoms with Crippen LogP contribution in [-0.4, -0.2) is 29.9 Å². The van der Waals surface area contributed by atoms with Crippen molar-refractivity contribution in [1.82, 2.24) is 0 Å². The summed E-state index contributed by atoms with van der Waals surface area (Å²) in [5.41, 5.74) is 0. The van der Waals surface area contributed by atoms with Crippen LogP contribution in [-0.2, 0) is 9.47 Å². The van der Waals surface area contributed by atoms with Gasteiger partial charge in [-0.3, -0.25) is 0 Å². The van der Waals surface area contributed by atoms with Crippen LogP contribution in [0.25, 0.3) is 0 Å². The van der Waals surface area contributed by atoms with Gasteiger partial charge in [-0.15, -0.1) is 0 Å². The first-order valence-corrected chi connectivity index (χ1v) is 3.65. The second kappa shape index (κ2) is 5.70. The molecule has 1 rings (SSSR count). The van der Waals surface area contributed by atoms with Crippen LogP contribution in [0.4, 0.5) is 0 Å². The summed E-state index contributed by atoms with van der Waals surface area (Å²) < 4.78 is 9.54. The van der Waals surface area contributed by atoms with Crippen LogP contribution in [0.5, 0.6) is 0 Å². The van der Waals surface area contributed by atoms with Crippen LogP contribution in [0.2, 0.25) is 0 Å². The molecule has 0 bridgehead atoms. The first-order chi connectivity index (χ1) is 4.97. The number of hydrogen-bond acceptors (Lipinski definition) is 4. The standard InChI is InChI=1S/C7H13O4.Cs/c1-7(2,9)11-6(8)3-5-4-10-5;/h5-6,9H,3-4H2,1-2H3;/q-1;+1. The van der Waals surface area contributed by atoms with Crippen molar-refractivity contribution < 1.29 is 88.6 Å². The Morgan fingerprint density at radius 3 is 2.58 bits per heavy atom. The SMILES string of the molecule is CC(C)(O)OC([O-])CC1CO1.[Cs+]. The molecular weight excluding hydrogens is 281 g/mol. The van der Waals surface area contributed by atoms with Crippen molar-refractivity contribution in [2.45, 2.75) is 38.4 Å². The van der Waals surface area contributed by atoms with Crippen molar-refractivity contribution in [1.29, 1.82) is 0 Å². The van der Waals surface area contributed by atoms with Crippen molar-refractivity contribution in [3.63, 3.8) is 0 Å². The first kappa shape index (κ1) is 13.9. The molecule has 1 fully saturated rings. The van der Waals surface area contributed by atoms with E-state index in [0.717, 1.165) is 0 Å². The quantitative estimate of drug-likeness (QED) is 0.427. The summed E-state index contributed by atoms with van der Waals surface area (Å²) in [6, 6.07) is 0. The molecule has 4 nitrogen and oxygen atoms in total. The van der Waals surface area contributed by atoms with Crippen molar-refractivity contribution in [3.8, 4) is 0 Å². The number of hydrogen-bond donors (Lipinski definition) is 1. The van der Waals surface area contributed by atoms with E-state index < -0.39 is 12.1 Å². The van der Waals surface area contributed by atoms with E-state index in [9.17, 15) is 5.11 Å². The van der Waals surface area contributed by atoms with E-state index >= 15 is 0 Å². The van der Waals surface area contributed by atoms with Crippen LogP contribution in [0.15, 0.2) is 0 Å². The fraction of sp³-hybridized carbons (Fsp3) is 1.00. The fourth-order valence-corrected chi connectivity index (χ4v) is 0.789. The Labute approximate surface area is 131 Å². The average molecular weight is 294 g/mol. The van der Waals surface area contributed by atoms with Crippen molar-refractivity contribution in [2.24, 2.45) is 0 Å². The normalized spacial score (nSPS) is 24.5. The van der Waals surface area contributed by atoms with Crippen LogP contribution >= 0.6 is 0 Å². The Bertz CT molecular complexity index is 130. The maximum atomic E-state index is 10.9. The predicted molar refractivity (Wildman–Crippen MR) is 35.5 cm³/mol. The molecule has 1 saturated heterocycles. The van der Waals surface area contributed by atoms with E-state index in [1.807, 2.05) is 0 Å². The molecule has 66 valence electrons. The molecule has 1 heterocycles. The summed E-state index contributed by atoms with van der Waals surface area (Å²) in [6.07, 6.45) is -0.799. The van der Waals surface area contributed by atoms with Crippen molar-refractivity contribution >= 4 is 0 Å². The smallest absolute Gasteiger partial charge is 0.831 e. The van der Waals surface area contributed by atoms with Gasteiger partial charge in [0.15, 0.2) is 5.79 Å². The summed E-state index contributed by atoms with van der Waals surface area (Å²) in [7, 11) is 0. The Morgan fingerprint density at radius 2 is 2.25 bits per heavy atom. The second-order valence-electron chi connectivity index (χ2n) is 3.19. The van der Waals surface area contributed by atoms with Gasteiger partial charge in [-0.25, -0.2) is 0 Å². The number of rotatable bonds is 4. The van der Waals surface area contributed by atoms with Crippen LogP contribution in [0.1, 0.15) is 20.3 Å². The summed E-state index contributed by atoms with van der Waals surface area (Å²) in [5, 5.41) is 20.0. The van der Waals surface area contributed by atoms with Gasteiger partial charge in [0.2, 0.25) is 0 Å². The van der Waals surface area contributed by atoms with Crippen LogP contribution in [0.3, 0.4) is 0 Å². The molecule has 0 spiro atoms. The molecule has 2 unspecified atom stereocenters. The maximum Gasteiger partial charge on any atom is 1.00 e. The van der Waals surface area contributed by atoms with Gasteiger partial charge in [0.25, 0.3) is 0 Å². The molecule has 0 radical (unpaired) electrons. The molecule has 0 aromatic heterocycles. The molecule has 0 aromatic carbocycles. The summed E-state index contributed by atoms with van der Waals surface area (Å²) in [4.78, 5) is 0. The maximum absolute atomic E-state index is 10.9. The third-order valence-electron chi connectivity index (χ3n) is 1.28. The van der Waals surface area contributed by atoms with Gasteiger partial charge in [-0.1, -0.05) is 0 Å². The summed E-state index contributed by atoms with van der Waals surface area (Å²) >= 11 is 0. The van der Waals surface area contributed by atoms with Gasteiger partial charge >= 0.3 is 68.9 Å². The molecule has 0 aliphatic carbocycles. The average Bonchev–Trinajstić information content (AvgIpc) is 2.42. The monoisotopic (exact) mass is 294 g/mol. The minimum atomic E-state index is -1.33. The topological polar surface area (TPSA) is 65.0 Å². The molecule has 1 aliphatic heterocycles. The first-order valence-electron chi connectivity index (χ1n) is 3.65. The molecule has 1 N–H and O–H groups in total. The minimum absolute atomic E-state index is 0. The van der Waals surface area contributed by atoms with E-state index in [0.29, 0.717) is 13.0 Å². The number of aliphatic hydroxyl groups is 1. The van der Waals surface area contributed by atoms with E-state index in [-0.39, 0.29) is 75.0 Å². The molecule has 0 amide bonds. The zero-order valence-electron chi connectivity index (χ0n) is 7.74. The zero-order valence-corrected chi connectivity index (χ0v) is 14.0. The van der Waals surface area contributed by atoms with E-state index in [1.165, 1.54) is 13.8 Å². The molecule has 2 atom stereocenters. The van der Waals surface area contributed by atoms with Gasteiger partial charge in [0.05, 0.1) is 12.7 Å². The van der Waals surface area contributed by atoms with Crippen LogP contribution in [0, 0.1) is 0 Å². The number of epoxide rings is 1. The molecular formula is C7H13CsO4. The van der Waals surface area contributed by atoms with Gasteiger partial charge in [-0.05, 0) is 26.6 Å². The predicted octanol–water partition coefficient (Wildman–Crippen LogP) is -3.79. The van der Waals surface area contributed by atoms with Gasteiger partial charge in [-0.2, -0.15) is 0 Å². The Hall–Kier alpha value is 1.89. The van der Waals surface area contributed by atoms with E-state index in [4.69, 9.17) is 14.6 Å². The largest absolute Gasteiger partial charge is 1.00 e. The Morgan fingerprint density at radius 1 is 1.75 bits per heavy atom. The molecule has 1 aliphatic rings.